The number of nitrogens with one attached hydrogen (secondary N) is 1. The third-order valence-electron chi connectivity index (χ3n) is 6.67. The van der Waals surface area contributed by atoms with Gasteiger partial charge in [0.2, 0.25) is 5.91 Å². The zero-order chi connectivity index (χ0) is 21.0. The van der Waals surface area contributed by atoms with Crippen molar-refractivity contribution in [2.45, 2.75) is 64.6 Å². The third-order valence-corrected chi connectivity index (χ3v) is 7.62. The minimum absolute atomic E-state index is 0.0623. The van der Waals surface area contributed by atoms with Crippen LogP contribution in [0.5, 0.6) is 0 Å². The molecule has 30 heavy (non-hydrogen) atoms. The monoisotopic (exact) mass is 421 g/mol. The molecule has 2 aromatic heterocycles. The molecule has 3 aromatic rings. The number of thiophene rings is 1. The zero-order valence-corrected chi connectivity index (χ0v) is 18.5. The first-order valence-electron chi connectivity index (χ1n) is 10.7. The number of carbonyl (C=O) groups is 2. The van der Waals surface area contributed by atoms with Gasteiger partial charge in [-0.2, -0.15) is 0 Å². The molecule has 1 fully saturated rings. The number of carbonyl (C=O) groups excluding carboxylic acids is 2. The van der Waals surface area contributed by atoms with Gasteiger partial charge < -0.3 is 9.88 Å². The molecule has 0 saturated heterocycles. The minimum Gasteiger partial charge on any atom is -0.351 e. The molecule has 5 rings (SSSR count). The Labute approximate surface area is 180 Å². The summed E-state index contributed by atoms with van der Waals surface area (Å²) in [5.74, 6) is -0.171. The number of nitrogens with zero attached hydrogens (tertiary/aromatic N) is 2. The van der Waals surface area contributed by atoms with Crippen LogP contribution in [0.3, 0.4) is 0 Å². The number of amides is 2. The first-order chi connectivity index (χ1) is 14.4. The molecule has 5 nitrogen and oxygen atoms in total. The van der Waals surface area contributed by atoms with Gasteiger partial charge in [-0.25, -0.2) is 0 Å². The molecule has 6 heteroatoms. The quantitative estimate of drug-likeness (QED) is 0.661. The van der Waals surface area contributed by atoms with Crippen LogP contribution < -0.4 is 10.2 Å². The Morgan fingerprint density at radius 1 is 1.17 bits per heavy atom. The molecular formula is C24H27N3O2S. The van der Waals surface area contributed by atoms with Crippen molar-refractivity contribution in [1.29, 1.82) is 0 Å². The van der Waals surface area contributed by atoms with Crippen molar-refractivity contribution in [2.75, 3.05) is 4.90 Å². The van der Waals surface area contributed by atoms with Gasteiger partial charge in [0.25, 0.3) is 5.91 Å². The van der Waals surface area contributed by atoms with Crippen molar-refractivity contribution in [3.05, 3.63) is 52.5 Å². The maximum Gasteiger partial charge on any atom is 0.275 e. The van der Waals surface area contributed by atoms with E-state index in [0.29, 0.717) is 12.2 Å². The summed E-state index contributed by atoms with van der Waals surface area (Å²) < 4.78 is 2.04. The number of fused-ring (bicyclic) bond motifs is 3. The topological polar surface area (TPSA) is 54.3 Å². The normalized spacial score (nSPS) is 22.0. The van der Waals surface area contributed by atoms with Gasteiger partial charge in [0.1, 0.15) is 16.1 Å². The molecule has 1 aliphatic carbocycles. The second kappa shape index (κ2) is 6.98. The van der Waals surface area contributed by atoms with Crippen LogP contribution in [-0.2, 0) is 11.3 Å². The number of aromatic nitrogens is 1. The van der Waals surface area contributed by atoms with E-state index in [4.69, 9.17) is 0 Å². The smallest absolute Gasteiger partial charge is 0.275 e. The van der Waals surface area contributed by atoms with Crippen molar-refractivity contribution < 1.29 is 9.59 Å². The second-order valence-electron chi connectivity index (χ2n) is 8.96. The molecular weight excluding hydrogens is 394 g/mol. The van der Waals surface area contributed by atoms with E-state index in [9.17, 15) is 9.59 Å². The van der Waals surface area contributed by atoms with E-state index >= 15 is 0 Å². The molecule has 1 saturated carbocycles. The Bertz CT molecular complexity index is 1150. The fourth-order valence-corrected chi connectivity index (χ4v) is 5.84. The van der Waals surface area contributed by atoms with Crippen LogP contribution in [0.4, 0.5) is 5.69 Å². The third kappa shape index (κ3) is 2.88. The fourth-order valence-electron chi connectivity index (χ4n) is 4.95. The summed E-state index contributed by atoms with van der Waals surface area (Å²) in [5, 5.41) is 6.36. The lowest BCUT2D eigenvalue weighted by molar-refractivity contribution is -0.127. The number of anilines is 1. The lowest BCUT2D eigenvalue weighted by Gasteiger charge is -2.45. The summed E-state index contributed by atoms with van der Waals surface area (Å²) in [4.78, 5) is 30.3. The van der Waals surface area contributed by atoms with Crippen molar-refractivity contribution in [3.8, 4) is 0 Å². The zero-order valence-electron chi connectivity index (χ0n) is 17.7. The highest BCUT2D eigenvalue weighted by Crippen LogP contribution is 2.39. The van der Waals surface area contributed by atoms with Gasteiger partial charge in [-0.1, -0.05) is 25.0 Å². The Morgan fingerprint density at radius 2 is 1.93 bits per heavy atom. The first-order valence-corrected chi connectivity index (χ1v) is 11.6. The number of hydrogen-bond acceptors (Lipinski definition) is 3. The number of benzene rings is 1. The number of hydrogen-bond donors (Lipinski definition) is 1. The summed E-state index contributed by atoms with van der Waals surface area (Å²) in [5.41, 5.74) is 2.55. The molecule has 1 unspecified atom stereocenters. The summed E-state index contributed by atoms with van der Waals surface area (Å²) >= 11 is 1.62. The molecule has 2 aliphatic rings. The van der Waals surface area contributed by atoms with E-state index in [1.165, 1.54) is 0 Å². The highest BCUT2D eigenvalue weighted by atomic mass is 32.1. The Kier molecular flexibility index (Phi) is 4.51. The molecule has 1 aliphatic heterocycles. The van der Waals surface area contributed by atoms with Gasteiger partial charge in [-0.05, 0) is 68.3 Å². The van der Waals surface area contributed by atoms with Gasteiger partial charge in [-0.3, -0.25) is 14.5 Å². The molecule has 1 atom stereocenters. The van der Waals surface area contributed by atoms with Crippen LogP contribution in [-0.4, -0.2) is 28.0 Å². The van der Waals surface area contributed by atoms with Crippen molar-refractivity contribution >= 4 is 39.1 Å². The van der Waals surface area contributed by atoms with Gasteiger partial charge >= 0.3 is 0 Å². The van der Waals surface area contributed by atoms with Crippen molar-refractivity contribution in [3.63, 3.8) is 0 Å². The number of aryl methyl sites for hydroxylation is 2. The van der Waals surface area contributed by atoms with E-state index in [1.54, 1.807) is 16.2 Å². The van der Waals surface area contributed by atoms with Crippen LogP contribution in [0.15, 0.2) is 35.7 Å². The first kappa shape index (κ1) is 19.4. The SMILES string of the molecule is Cc1ccc(C)c(N2C(=O)c3cc4ccsc4n3CC2(C)C(=O)NC2CCCC2)c1. The maximum absolute atomic E-state index is 13.8. The van der Waals surface area contributed by atoms with E-state index in [1.807, 2.05) is 61.1 Å². The molecule has 0 spiro atoms. The van der Waals surface area contributed by atoms with Gasteiger partial charge in [-0.15, -0.1) is 11.3 Å². The summed E-state index contributed by atoms with van der Waals surface area (Å²) in [7, 11) is 0. The van der Waals surface area contributed by atoms with Crippen LogP contribution in [0, 0.1) is 13.8 Å². The number of rotatable bonds is 3. The van der Waals surface area contributed by atoms with E-state index in [0.717, 1.165) is 52.7 Å². The predicted molar refractivity (Wildman–Crippen MR) is 121 cm³/mol. The standard InChI is InChI=1S/C24H27N3O2S/c1-15-8-9-16(2)19(12-15)27-21(28)20-13-17-10-11-30-22(17)26(20)14-24(27,3)23(29)25-18-6-4-5-7-18/h8-13,18H,4-7,14H2,1-3H3,(H,25,29). The largest absolute Gasteiger partial charge is 0.351 e. The molecule has 1 N–H and O–H groups in total. The van der Waals surface area contributed by atoms with Crippen LogP contribution in [0.25, 0.3) is 10.2 Å². The lowest BCUT2D eigenvalue weighted by Crippen LogP contribution is -2.65. The Hall–Kier alpha value is -2.60. The molecule has 0 bridgehead atoms. The minimum atomic E-state index is -0.999. The van der Waals surface area contributed by atoms with E-state index < -0.39 is 5.54 Å². The molecule has 3 heterocycles. The van der Waals surface area contributed by atoms with Crippen LogP contribution >= 0.6 is 11.3 Å². The van der Waals surface area contributed by atoms with E-state index in [2.05, 4.69) is 5.32 Å². The highest BCUT2D eigenvalue weighted by Gasteiger charge is 2.49. The average molecular weight is 422 g/mol. The molecule has 1 aromatic carbocycles. The van der Waals surface area contributed by atoms with Crippen molar-refractivity contribution in [2.24, 2.45) is 0 Å². The van der Waals surface area contributed by atoms with Crippen LogP contribution in [0.1, 0.15) is 54.2 Å². The second-order valence-corrected chi connectivity index (χ2v) is 9.85. The maximum atomic E-state index is 13.8. The summed E-state index contributed by atoms with van der Waals surface area (Å²) in [6, 6.07) is 10.3. The summed E-state index contributed by atoms with van der Waals surface area (Å²) in [6.07, 6.45) is 4.34. The Balaban J connectivity index is 1.66. The summed E-state index contributed by atoms with van der Waals surface area (Å²) in [6.45, 7) is 6.39. The lowest BCUT2D eigenvalue weighted by atomic mass is 9.92. The predicted octanol–water partition coefficient (Wildman–Crippen LogP) is 4.80. The fraction of sp³-hybridized carbons (Fsp3) is 0.417. The van der Waals surface area contributed by atoms with Gasteiger partial charge in [0.05, 0.1) is 6.54 Å². The van der Waals surface area contributed by atoms with Gasteiger partial charge in [0, 0.05) is 17.1 Å². The van der Waals surface area contributed by atoms with E-state index in [-0.39, 0.29) is 17.9 Å². The highest BCUT2D eigenvalue weighted by molar-refractivity contribution is 7.16. The molecule has 2 amide bonds. The average Bonchev–Trinajstić information content (AvgIpc) is 3.43. The molecule has 0 radical (unpaired) electrons. The molecule has 156 valence electrons. The van der Waals surface area contributed by atoms with Crippen LogP contribution in [0.2, 0.25) is 0 Å². The van der Waals surface area contributed by atoms with Crippen molar-refractivity contribution in [1.82, 2.24) is 9.88 Å². The Morgan fingerprint density at radius 3 is 2.70 bits per heavy atom. The van der Waals surface area contributed by atoms with Gasteiger partial charge in [0.15, 0.2) is 0 Å².